The molecule has 3 nitrogen and oxygen atoms in total. The largest absolute Gasteiger partial charge is 0.493 e. The predicted octanol–water partition coefficient (Wildman–Crippen LogP) is 2.67. The van der Waals surface area contributed by atoms with E-state index in [4.69, 9.17) is 9.84 Å². The molecule has 0 saturated heterocycles. The number of aliphatic hydroxyl groups is 1. The molecular weight excluding hydrogens is 246 g/mol. The van der Waals surface area contributed by atoms with Crippen LogP contribution in [0.4, 0.5) is 0 Å². The van der Waals surface area contributed by atoms with E-state index in [0.29, 0.717) is 6.42 Å². The maximum absolute atomic E-state index is 8.92. The third-order valence-electron chi connectivity index (χ3n) is 3.07. The van der Waals surface area contributed by atoms with E-state index in [1.165, 1.54) is 5.56 Å². The second kappa shape index (κ2) is 5.08. The van der Waals surface area contributed by atoms with Crippen molar-refractivity contribution in [2.45, 2.75) is 19.3 Å². The highest BCUT2D eigenvalue weighted by Gasteiger charge is 2.12. The summed E-state index contributed by atoms with van der Waals surface area (Å²) in [7, 11) is 0. The first-order valence-electron chi connectivity index (χ1n) is 6.18. The first-order chi connectivity index (χ1) is 8.86. The summed E-state index contributed by atoms with van der Waals surface area (Å²) in [6, 6.07) is 6.28. The van der Waals surface area contributed by atoms with Crippen LogP contribution in [0.25, 0.3) is 10.6 Å². The minimum atomic E-state index is 0.180. The van der Waals surface area contributed by atoms with Crippen LogP contribution >= 0.6 is 11.3 Å². The van der Waals surface area contributed by atoms with Gasteiger partial charge in [-0.1, -0.05) is 0 Å². The molecule has 1 aliphatic heterocycles. The van der Waals surface area contributed by atoms with Gasteiger partial charge in [0.2, 0.25) is 0 Å². The Kier molecular flexibility index (Phi) is 3.30. The Hall–Kier alpha value is -1.39. The molecule has 1 aliphatic rings. The third kappa shape index (κ3) is 2.26. The Bertz CT molecular complexity index is 550. The quantitative estimate of drug-likeness (QED) is 0.923. The van der Waals surface area contributed by atoms with Crippen LogP contribution in [0.2, 0.25) is 0 Å². The molecule has 0 saturated carbocycles. The smallest absolute Gasteiger partial charge is 0.123 e. The van der Waals surface area contributed by atoms with Crippen molar-refractivity contribution in [2.75, 3.05) is 13.2 Å². The lowest BCUT2D eigenvalue weighted by Crippen LogP contribution is -2.07. The van der Waals surface area contributed by atoms with E-state index in [0.717, 1.165) is 40.6 Å². The summed E-state index contributed by atoms with van der Waals surface area (Å²) in [4.78, 5) is 5.55. The van der Waals surface area contributed by atoms with Crippen LogP contribution in [-0.4, -0.2) is 23.3 Å². The highest BCUT2D eigenvalue weighted by Crippen LogP contribution is 2.32. The zero-order chi connectivity index (χ0) is 12.4. The van der Waals surface area contributed by atoms with E-state index in [2.05, 4.69) is 17.1 Å². The second-order valence-electron chi connectivity index (χ2n) is 4.38. The number of thiazole rings is 1. The van der Waals surface area contributed by atoms with Gasteiger partial charge in [0, 0.05) is 29.7 Å². The Morgan fingerprint density at radius 3 is 3.22 bits per heavy atom. The average molecular weight is 261 g/mol. The fraction of sp³-hybridized carbons (Fsp3) is 0.357. The predicted molar refractivity (Wildman–Crippen MR) is 72.2 cm³/mol. The number of fused-ring (bicyclic) bond motifs is 1. The molecule has 94 valence electrons. The number of ether oxygens (including phenoxy) is 1. The Labute approximate surface area is 110 Å². The molecule has 0 bridgehead atoms. The minimum Gasteiger partial charge on any atom is -0.493 e. The molecule has 0 atom stereocenters. The van der Waals surface area contributed by atoms with Gasteiger partial charge in [-0.15, -0.1) is 11.3 Å². The van der Waals surface area contributed by atoms with Crippen LogP contribution in [0.15, 0.2) is 24.4 Å². The number of rotatable bonds is 3. The number of benzene rings is 1. The lowest BCUT2D eigenvalue weighted by atomic mass is 10.0. The van der Waals surface area contributed by atoms with Crippen molar-refractivity contribution in [1.82, 2.24) is 4.98 Å². The molecule has 3 rings (SSSR count). The van der Waals surface area contributed by atoms with E-state index in [1.54, 1.807) is 11.3 Å². The van der Waals surface area contributed by atoms with Crippen molar-refractivity contribution in [3.63, 3.8) is 0 Å². The van der Waals surface area contributed by atoms with Crippen LogP contribution in [0.3, 0.4) is 0 Å². The third-order valence-corrected chi connectivity index (χ3v) is 4.17. The number of aromatic nitrogens is 1. The Morgan fingerprint density at radius 1 is 1.39 bits per heavy atom. The van der Waals surface area contributed by atoms with Crippen molar-refractivity contribution < 1.29 is 9.84 Å². The monoisotopic (exact) mass is 261 g/mol. The number of hydrogen-bond acceptors (Lipinski definition) is 4. The van der Waals surface area contributed by atoms with Gasteiger partial charge in [0.25, 0.3) is 0 Å². The molecule has 1 aromatic heterocycles. The van der Waals surface area contributed by atoms with Gasteiger partial charge in [0.15, 0.2) is 0 Å². The minimum absolute atomic E-state index is 0.180. The summed E-state index contributed by atoms with van der Waals surface area (Å²) < 4.78 is 5.61. The van der Waals surface area contributed by atoms with Crippen molar-refractivity contribution in [3.8, 4) is 16.3 Å². The highest BCUT2D eigenvalue weighted by atomic mass is 32.1. The van der Waals surface area contributed by atoms with Crippen LogP contribution in [0, 0.1) is 0 Å². The fourth-order valence-electron chi connectivity index (χ4n) is 2.16. The van der Waals surface area contributed by atoms with Crippen molar-refractivity contribution in [3.05, 3.63) is 34.8 Å². The van der Waals surface area contributed by atoms with Gasteiger partial charge in [-0.25, -0.2) is 4.98 Å². The molecule has 0 unspecified atom stereocenters. The molecule has 0 fully saturated rings. The normalized spacial score (nSPS) is 14.1. The zero-order valence-corrected chi connectivity index (χ0v) is 10.9. The fourth-order valence-corrected chi connectivity index (χ4v) is 3.06. The number of aryl methyl sites for hydroxylation is 1. The van der Waals surface area contributed by atoms with Crippen molar-refractivity contribution in [2.24, 2.45) is 0 Å². The van der Waals surface area contributed by atoms with Crippen LogP contribution in [0.5, 0.6) is 5.75 Å². The SMILES string of the molecule is OCCc1cnc(-c2ccc3c(c2)CCCO3)s1. The molecule has 0 spiro atoms. The van der Waals surface area contributed by atoms with E-state index in [-0.39, 0.29) is 6.61 Å². The summed E-state index contributed by atoms with van der Waals surface area (Å²) in [6.45, 7) is 1.00. The van der Waals surface area contributed by atoms with Gasteiger partial charge in [-0.2, -0.15) is 0 Å². The van der Waals surface area contributed by atoms with Gasteiger partial charge >= 0.3 is 0 Å². The van der Waals surface area contributed by atoms with E-state index in [9.17, 15) is 0 Å². The number of hydrogen-bond donors (Lipinski definition) is 1. The first-order valence-corrected chi connectivity index (χ1v) is 7.00. The van der Waals surface area contributed by atoms with E-state index >= 15 is 0 Å². The van der Waals surface area contributed by atoms with Crippen molar-refractivity contribution >= 4 is 11.3 Å². The lowest BCUT2D eigenvalue weighted by molar-refractivity contribution is 0.288. The summed E-state index contributed by atoms with van der Waals surface area (Å²) in [5.41, 5.74) is 2.42. The van der Waals surface area contributed by atoms with Gasteiger partial charge in [-0.3, -0.25) is 0 Å². The van der Waals surface area contributed by atoms with Crippen molar-refractivity contribution in [1.29, 1.82) is 0 Å². The van der Waals surface area contributed by atoms with Gasteiger partial charge < -0.3 is 9.84 Å². The molecular formula is C14H15NO2S. The number of aliphatic hydroxyl groups excluding tert-OH is 1. The topological polar surface area (TPSA) is 42.4 Å². The summed E-state index contributed by atoms with van der Waals surface area (Å²) in [5.74, 6) is 1.01. The number of nitrogens with zero attached hydrogens (tertiary/aromatic N) is 1. The van der Waals surface area contributed by atoms with Gasteiger partial charge in [-0.05, 0) is 36.6 Å². The Balaban J connectivity index is 1.91. The molecule has 0 radical (unpaired) electrons. The maximum Gasteiger partial charge on any atom is 0.123 e. The average Bonchev–Trinajstić information content (AvgIpc) is 2.87. The maximum atomic E-state index is 8.92. The van der Waals surface area contributed by atoms with Crippen LogP contribution < -0.4 is 4.74 Å². The zero-order valence-electron chi connectivity index (χ0n) is 10.1. The van der Waals surface area contributed by atoms with Crippen LogP contribution in [0.1, 0.15) is 16.9 Å². The molecule has 18 heavy (non-hydrogen) atoms. The molecule has 4 heteroatoms. The summed E-state index contributed by atoms with van der Waals surface area (Å²) >= 11 is 1.65. The highest BCUT2D eigenvalue weighted by molar-refractivity contribution is 7.15. The molecule has 2 heterocycles. The lowest BCUT2D eigenvalue weighted by Gasteiger charge is -2.17. The second-order valence-corrected chi connectivity index (χ2v) is 5.50. The Morgan fingerprint density at radius 2 is 2.33 bits per heavy atom. The van der Waals surface area contributed by atoms with E-state index < -0.39 is 0 Å². The van der Waals surface area contributed by atoms with E-state index in [1.807, 2.05) is 12.3 Å². The standard InChI is InChI=1S/C14H15NO2S/c16-6-5-12-9-15-14(18-12)11-3-4-13-10(8-11)2-1-7-17-13/h3-4,8-9,16H,1-2,5-7H2. The summed E-state index contributed by atoms with van der Waals surface area (Å²) in [6.07, 6.45) is 4.71. The summed E-state index contributed by atoms with van der Waals surface area (Å²) in [5, 5.41) is 9.94. The van der Waals surface area contributed by atoms with Crippen LogP contribution in [-0.2, 0) is 12.8 Å². The molecule has 1 aromatic carbocycles. The molecule has 0 amide bonds. The van der Waals surface area contributed by atoms with Gasteiger partial charge in [0.1, 0.15) is 10.8 Å². The molecule has 0 aliphatic carbocycles. The first kappa shape index (κ1) is 11.7. The van der Waals surface area contributed by atoms with Gasteiger partial charge in [0.05, 0.1) is 6.61 Å². The molecule has 2 aromatic rings. The molecule has 1 N–H and O–H groups in total.